The summed E-state index contributed by atoms with van der Waals surface area (Å²) in [6, 6.07) is 7.10. The van der Waals surface area contributed by atoms with Crippen LogP contribution >= 0.6 is 0 Å². The lowest BCUT2D eigenvalue weighted by molar-refractivity contribution is -0.146. The van der Waals surface area contributed by atoms with Crippen LogP contribution in [0.5, 0.6) is 0 Å². The monoisotopic (exact) mass is 387 g/mol. The van der Waals surface area contributed by atoms with Crippen molar-refractivity contribution in [1.29, 1.82) is 0 Å². The molecule has 28 heavy (non-hydrogen) atoms. The van der Waals surface area contributed by atoms with E-state index in [1.165, 1.54) is 12.0 Å². The molecule has 0 spiro atoms. The molecule has 2 aromatic rings. The maximum Gasteiger partial charge on any atom is 0.310 e. The van der Waals surface area contributed by atoms with Crippen LogP contribution in [-0.4, -0.2) is 54.4 Å². The predicted octanol–water partition coefficient (Wildman–Crippen LogP) is 2.12. The number of rotatable bonds is 8. The first kappa shape index (κ1) is 21.5. The molecule has 1 aromatic heterocycles. The lowest BCUT2D eigenvalue weighted by Crippen LogP contribution is -2.50. The van der Waals surface area contributed by atoms with Crippen LogP contribution in [0.25, 0.3) is 10.9 Å². The van der Waals surface area contributed by atoms with E-state index in [0.717, 1.165) is 16.5 Å². The van der Waals surface area contributed by atoms with Crippen LogP contribution in [0.1, 0.15) is 26.3 Å². The van der Waals surface area contributed by atoms with Gasteiger partial charge in [0.2, 0.25) is 11.8 Å². The Hall–Kier alpha value is -2.83. The van der Waals surface area contributed by atoms with Gasteiger partial charge in [-0.3, -0.25) is 14.4 Å². The van der Waals surface area contributed by atoms with E-state index in [4.69, 9.17) is 4.74 Å². The summed E-state index contributed by atoms with van der Waals surface area (Å²) in [4.78, 5) is 41.7. The van der Waals surface area contributed by atoms with E-state index in [9.17, 15) is 14.4 Å². The SMILES string of the molecule is COC(=O)C(C)CN(C)C(=O)C(Cc1c[nH]c2ccccc12)NC(=O)C(C)C. The van der Waals surface area contributed by atoms with Crippen molar-refractivity contribution in [3.63, 3.8) is 0 Å². The smallest absolute Gasteiger partial charge is 0.310 e. The molecule has 0 aliphatic rings. The highest BCUT2D eigenvalue weighted by Crippen LogP contribution is 2.20. The molecule has 0 radical (unpaired) electrons. The van der Waals surface area contributed by atoms with Gasteiger partial charge in [-0.25, -0.2) is 0 Å². The van der Waals surface area contributed by atoms with E-state index in [2.05, 4.69) is 10.3 Å². The molecule has 7 heteroatoms. The number of likely N-dealkylation sites (N-methyl/N-ethyl adjacent to an activating group) is 1. The van der Waals surface area contributed by atoms with Gasteiger partial charge in [0.15, 0.2) is 0 Å². The summed E-state index contributed by atoms with van der Waals surface area (Å²) >= 11 is 0. The molecule has 0 aliphatic carbocycles. The third-order valence-electron chi connectivity index (χ3n) is 4.77. The molecule has 0 bridgehead atoms. The molecule has 2 atom stereocenters. The number of nitrogens with zero attached hydrogens (tertiary/aromatic N) is 1. The number of benzene rings is 1. The fourth-order valence-electron chi connectivity index (χ4n) is 3.10. The molecule has 0 aliphatic heterocycles. The lowest BCUT2D eigenvalue weighted by Gasteiger charge is -2.26. The van der Waals surface area contributed by atoms with E-state index >= 15 is 0 Å². The van der Waals surface area contributed by atoms with E-state index < -0.39 is 12.0 Å². The summed E-state index contributed by atoms with van der Waals surface area (Å²) < 4.78 is 4.73. The summed E-state index contributed by atoms with van der Waals surface area (Å²) in [7, 11) is 2.95. The number of ether oxygens (including phenoxy) is 1. The molecule has 2 amide bonds. The van der Waals surface area contributed by atoms with E-state index in [1.807, 2.05) is 30.5 Å². The van der Waals surface area contributed by atoms with Gasteiger partial charge in [-0.2, -0.15) is 0 Å². The normalized spacial score (nSPS) is 13.2. The van der Waals surface area contributed by atoms with Gasteiger partial charge in [-0.15, -0.1) is 0 Å². The zero-order valence-electron chi connectivity index (χ0n) is 17.1. The summed E-state index contributed by atoms with van der Waals surface area (Å²) in [5.41, 5.74) is 1.93. The summed E-state index contributed by atoms with van der Waals surface area (Å²) in [6.45, 7) is 5.49. The van der Waals surface area contributed by atoms with Gasteiger partial charge in [0, 0.05) is 43.0 Å². The Kier molecular flexibility index (Phi) is 7.20. The second-order valence-electron chi connectivity index (χ2n) is 7.42. The quantitative estimate of drug-likeness (QED) is 0.679. The minimum Gasteiger partial charge on any atom is -0.469 e. The molecule has 152 valence electrons. The first-order valence-corrected chi connectivity index (χ1v) is 9.42. The zero-order chi connectivity index (χ0) is 20.8. The van der Waals surface area contributed by atoms with Crippen LogP contribution < -0.4 is 5.32 Å². The third kappa shape index (κ3) is 5.12. The van der Waals surface area contributed by atoms with Gasteiger partial charge >= 0.3 is 5.97 Å². The molecule has 7 nitrogen and oxygen atoms in total. The summed E-state index contributed by atoms with van der Waals surface area (Å²) in [6.07, 6.45) is 2.22. The Morgan fingerprint density at radius 2 is 1.86 bits per heavy atom. The van der Waals surface area contributed by atoms with Crippen molar-refractivity contribution in [1.82, 2.24) is 15.2 Å². The number of carbonyl (C=O) groups excluding carboxylic acids is 3. The predicted molar refractivity (Wildman–Crippen MR) is 108 cm³/mol. The molecular weight excluding hydrogens is 358 g/mol. The van der Waals surface area contributed by atoms with Crippen LogP contribution in [0.2, 0.25) is 0 Å². The minimum atomic E-state index is -0.719. The standard InChI is InChI=1S/C21H29N3O4/c1-13(2)19(25)23-18(20(26)24(4)12-14(3)21(27)28-5)10-15-11-22-17-9-7-6-8-16(15)17/h6-9,11,13-14,18,22H,10,12H2,1-5H3,(H,23,25). The molecule has 0 fully saturated rings. The summed E-state index contributed by atoms with van der Waals surface area (Å²) in [5, 5.41) is 3.87. The van der Waals surface area contributed by atoms with Crippen molar-refractivity contribution in [3.05, 3.63) is 36.0 Å². The Labute approximate surface area is 165 Å². The van der Waals surface area contributed by atoms with Crippen molar-refractivity contribution in [2.45, 2.75) is 33.2 Å². The average molecular weight is 387 g/mol. The van der Waals surface area contributed by atoms with Crippen molar-refractivity contribution < 1.29 is 19.1 Å². The molecule has 1 aromatic carbocycles. The minimum absolute atomic E-state index is 0.187. The third-order valence-corrected chi connectivity index (χ3v) is 4.77. The van der Waals surface area contributed by atoms with Crippen molar-refractivity contribution >= 4 is 28.7 Å². The Morgan fingerprint density at radius 3 is 2.50 bits per heavy atom. The highest BCUT2D eigenvalue weighted by atomic mass is 16.5. The number of fused-ring (bicyclic) bond motifs is 1. The number of para-hydroxylation sites is 1. The van der Waals surface area contributed by atoms with Gasteiger partial charge in [-0.1, -0.05) is 39.0 Å². The molecule has 1 heterocycles. The van der Waals surface area contributed by atoms with Crippen LogP contribution in [0.4, 0.5) is 0 Å². The van der Waals surface area contributed by atoms with Crippen molar-refractivity contribution in [2.75, 3.05) is 20.7 Å². The average Bonchev–Trinajstić information content (AvgIpc) is 3.08. The number of hydrogen-bond donors (Lipinski definition) is 2. The topological polar surface area (TPSA) is 91.5 Å². The van der Waals surface area contributed by atoms with Crippen LogP contribution in [0.3, 0.4) is 0 Å². The lowest BCUT2D eigenvalue weighted by atomic mass is 10.0. The fraction of sp³-hybridized carbons (Fsp3) is 0.476. The second kappa shape index (κ2) is 9.39. The van der Waals surface area contributed by atoms with Crippen LogP contribution in [-0.2, 0) is 25.5 Å². The summed E-state index contributed by atoms with van der Waals surface area (Å²) in [5.74, 6) is -1.49. The Bertz CT molecular complexity index is 843. The van der Waals surface area contributed by atoms with Crippen molar-refractivity contribution in [3.8, 4) is 0 Å². The van der Waals surface area contributed by atoms with E-state index in [-0.39, 0.29) is 30.2 Å². The van der Waals surface area contributed by atoms with Gasteiger partial charge in [-0.05, 0) is 11.6 Å². The number of H-pyrrole nitrogens is 1. The highest BCUT2D eigenvalue weighted by molar-refractivity contribution is 5.90. The van der Waals surface area contributed by atoms with Gasteiger partial charge < -0.3 is 19.9 Å². The van der Waals surface area contributed by atoms with Crippen LogP contribution in [0, 0.1) is 11.8 Å². The zero-order valence-corrected chi connectivity index (χ0v) is 17.1. The molecule has 2 unspecified atom stereocenters. The number of aromatic amines is 1. The van der Waals surface area contributed by atoms with E-state index in [0.29, 0.717) is 6.42 Å². The fourth-order valence-corrected chi connectivity index (χ4v) is 3.10. The molecule has 0 saturated heterocycles. The molecule has 0 saturated carbocycles. The van der Waals surface area contributed by atoms with E-state index in [1.54, 1.807) is 27.8 Å². The maximum atomic E-state index is 13.1. The number of nitrogens with one attached hydrogen (secondary N) is 2. The van der Waals surface area contributed by atoms with Crippen LogP contribution in [0.15, 0.2) is 30.5 Å². The number of amides is 2. The molecule has 2 N–H and O–H groups in total. The maximum absolute atomic E-state index is 13.1. The largest absolute Gasteiger partial charge is 0.469 e. The number of methoxy groups -OCH3 is 1. The van der Waals surface area contributed by atoms with Crippen molar-refractivity contribution in [2.24, 2.45) is 11.8 Å². The first-order valence-electron chi connectivity index (χ1n) is 9.42. The first-order chi connectivity index (χ1) is 13.2. The highest BCUT2D eigenvalue weighted by Gasteiger charge is 2.28. The second-order valence-corrected chi connectivity index (χ2v) is 7.42. The Morgan fingerprint density at radius 1 is 1.18 bits per heavy atom. The van der Waals surface area contributed by atoms with Gasteiger partial charge in [0.1, 0.15) is 6.04 Å². The Balaban J connectivity index is 2.22. The number of esters is 1. The molecular formula is C21H29N3O4. The number of hydrogen-bond acceptors (Lipinski definition) is 4. The molecule has 2 rings (SSSR count). The van der Waals surface area contributed by atoms with Gasteiger partial charge in [0.05, 0.1) is 13.0 Å². The number of aromatic nitrogens is 1. The van der Waals surface area contributed by atoms with Gasteiger partial charge in [0.25, 0.3) is 0 Å². The number of carbonyl (C=O) groups is 3.